The molecule has 2 aromatic carbocycles. The predicted molar refractivity (Wildman–Crippen MR) is 91.2 cm³/mol. The fraction of sp³-hybridized carbons (Fsp3) is 0.118. The van der Waals surface area contributed by atoms with Crippen LogP contribution in [0, 0.1) is 6.92 Å². The molecule has 0 aliphatic heterocycles. The van der Waals surface area contributed by atoms with Gasteiger partial charge in [0, 0.05) is 0 Å². The predicted octanol–water partition coefficient (Wildman–Crippen LogP) is 3.20. The molecule has 0 bridgehead atoms. The van der Waals surface area contributed by atoms with Crippen molar-refractivity contribution in [1.29, 1.82) is 0 Å². The quantitative estimate of drug-likeness (QED) is 0.732. The number of aromatic nitrogens is 2. The summed E-state index contributed by atoms with van der Waals surface area (Å²) in [7, 11) is 0. The molecule has 0 radical (unpaired) electrons. The molecule has 0 saturated heterocycles. The first-order chi connectivity index (χ1) is 11.2. The molecule has 3 rings (SSSR count). The van der Waals surface area contributed by atoms with Crippen molar-refractivity contribution in [3.8, 4) is 0 Å². The number of hydrogen-bond donors (Lipinski definition) is 1. The van der Waals surface area contributed by atoms with Crippen LogP contribution in [0.25, 0.3) is 0 Å². The number of carbonyl (C=O) groups is 1. The van der Waals surface area contributed by atoms with Crippen molar-refractivity contribution in [1.82, 2.24) is 15.0 Å². The minimum absolute atomic E-state index is 0.197. The minimum atomic E-state index is -0.197. The van der Waals surface area contributed by atoms with Gasteiger partial charge in [0.2, 0.25) is 0 Å². The van der Waals surface area contributed by atoms with Gasteiger partial charge in [-0.2, -0.15) is 0 Å². The zero-order chi connectivity index (χ0) is 16.1. The van der Waals surface area contributed by atoms with Gasteiger partial charge in [-0.05, 0) is 36.2 Å². The van der Waals surface area contributed by atoms with Crippen molar-refractivity contribution in [2.45, 2.75) is 13.5 Å². The van der Waals surface area contributed by atoms with E-state index in [-0.39, 0.29) is 5.91 Å². The van der Waals surface area contributed by atoms with Crippen LogP contribution in [-0.4, -0.2) is 15.5 Å². The second kappa shape index (κ2) is 7.02. The average Bonchev–Trinajstić information content (AvgIpc) is 3.02. The summed E-state index contributed by atoms with van der Waals surface area (Å²) >= 11 is 1.10. The summed E-state index contributed by atoms with van der Waals surface area (Å²) in [6.07, 6.45) is 0. The Morgan fingerprint density at radius 2 is 1.74 bits per heavy atom. The standard InChI is InChI=1S/C17H16N4OS/c1-13-16(23-20-18-13)17(22)19-21(15-10-6-3-7-11-15)12-14-8-4-2-5-9-14/h2-11H,12H2,1H3,(H,19,22). The maximum absolute atomic E-state index is 12.5. The lowest BCUT2D eigenvalue weighted by atomic mass is 10.2. The highest BCUT2D eigenvalue weighted by Gasteiger charge is 2.17. The van der Waals surface area contributed by atoms with Crippen LogP contribution in [0.15, 0.2) is 60.7 Å². The number of rotatable bonds is 5. The Balaban J connectivity index is 1.83. The van der Waals surface area contributed by atoms with E-state index >= 15 is 0 Å². The molecular weight excluding hydrogens is 308 g/mol. The zero-order valence-corrected chi connectivity index (χ0v) is 13.5. The summed E-state index contributed by atoms with van der Waals surface area (Å²) in [6.45, 7) is 2.35. The Morgan fingerprint density at radius 1 is 1.09 bits per heavy atom. The van der Waals surface area contributed by atoms with Gasteiger partial charge in [0.05, 0.1) is 17.9 Å². The van der Waals surface area contributed by atoms with Crippen molar-refractivity contribution in [2.75, 3.05) is 5.01 Å². The van der Waals surface area contributed by atoms with E-state index in [9.17, 15) is 4.79 Å². The molecule has 1 N–H and O–H groups in total. The summed E-state index contributed by atoms with van der Waals surface area (Å²) in [6, 6.07) is 19.8. The Kier molecular flexibility index (Phi) is 4.63. The van der Waals surface area contributed by atoms with Crippen LogP contribution < -0.4 is 10.4 Å². The SMILES string of the molecule is Cc1nnsc1C(=O)NN(Cc1ccccc1)c1ccccc1. The van der Waals surface area contributed by atoms with E-state index in [0.29, 0.717) is 17.1 Å². The summed E-state index contributed by atoms with van der Waals surface area (Å²) in [4.78, 5) is 13.0. The summed E-state index contributed by atoms with van der Waals surface area (Å²) in [5, 5.41) is 5.72. The van der Waals surface area contributed by atoms with E-state index < -0.39 is 0 Å². The van der Waals surface area contributed by atoms with Crippen molar-refractivity contribution < 1.29 is 4.79 Å². The molecule has 0 saturated carbocycles. The Morgan fingerprint density at radius 3 is 2.35 bits per heavy atom. The number of benzene rings is 2. The van der Waals surface area contributed by atoms with E-state index in [2.05, 4.69) is 15.0 Å². The maximum Gasteiger partial charge on any atom is 0.283 e. The Labute approximate surface area is 138 Å². The van der Waals surface area contributed by atoms with Gasteiger partial charge in [0.15, 0.2) is 0 Å². The van der Waals surface area contributed by atoms with E-state index in [0.717, 1.165) is 22.8 Å². The fourth-order valence-corrected chi connectivity index (χ4v) is 2.73. The molecule has 0 spiro atoms. The first-order valence-corrected chi connectivity index (χ1v) is 7.98. The highest BCUT2D eigenvalue weighted by atomic mass is 32.1. The van der Waals surface area contributed by atoms with Gasteiger partial charge >= 0.3 is 0 Å². The largest absolute Gasteiger partial charge is 0.283 e. The molecule has 1 heterocycles. The van der Waals surface area contributed by atoms with E-state index in [4.69, 9.17) is 0 Å². The number of hydrazine groups is 1. The van der Waals surface area contributed by atoms with Gasteiger partial charge in [0.1, 0.15) is 4.88 Å². The number of nitrogens with one attached hydrogen (secondary N) is 1. The molecular formula is C17H16N4OS. The van der Waals surface area contributed by atoms with Crippen LogP contribution in [0.5, 0.6) is 0 Å². The highest BCUT2D eigenvalue weighted by molar-refractivity contribution is 7.08. The topological polar surface area (TPSA) is 58.1 Å². The van der Waals surface area contributed by atoms with Gasteiger partial charge in [-0.3, -0.25) is 15.2 Å². The second-order valence-corrected chi connectivity index (χ2v) is 5.79. The molecule has 0 aliphatic carbocycles. The lowest BCUT2D eigenvalue weighted by Gasteiger charge is -2.25. The van der Waals surface area contributed by atoms with Gasteiger partial charge in [-0.1, -0.05) is 53.0 Å². The maximum atomic E-state index is 12.5. The fourth-order valence-electron chi connectivity index (χ4n) is 2.18. The summed E-state index contributed by atoms with van der Waals surface area (Å²) in [5.74, 6) is -0.197. The lowest BCUT2D eigenvalue weighted by Crippen LogP contribution is -2.41. The van der Waals surface area contributed by atoms with E-state index in [1.54, 1.807) is 6.92 Å². The molecule has 1 aromatic heterocycles. The van der Waals surface area contributed by atoms with Gasteiger partial charge in [0.25, 0.3) is 5.91 Å². The third kappa shape index (κ3) is 3.73. The number of carbonyl (C=O) groups excluding carboxylic acids is 1. The van der Waals surface area contributed by atoms with Crippen molar-refractivity contribution in [3.63, 3.8) is 0 Å². The summed E-state index contributed by atoms with van der Waals surface area (Å²) in [5.41, 5.74) is 5.61. The molecule has 1 amide bonds. The van der Waals surface area contributed by atoms with Crippen LogP contribution in [0.2, 0.25) is 0 Å². The third-order valence-corrected chi connectivity index (χ3v) is 4.17. The van der Waals surface area contributed by atoms with Crippen molar-refractivity contribution >= 4 is 23.1 Å². The number of nitrogens with zero attached hydrogens (tertiary/aromatic N) is 3. The molecule has 3 aromatic rings. The smallest absolute Gasteiger partial charge is 0.281 e. The zero-order valence-electron chi connectivity index (χ0n) is 12.6. The lowest BCUT2D eigenvalue weighted by molar-refractivity contribution is 0.0951. The third-order valence-electron chi connectivity index (χ3n) is 3.35. The summed E-state index contributed by atoms with van der Waals surface area (Å²) < 4.78 is 3.82. The number of para-hydroxylation sites is 1. The van der Waals surface area contributed by atoms with Crippen LogP contribution >= 0.6 is 11.5 Å². The number of hydrogen-bond acceptors (Lipinski definition) is 5. The number of aryl methyl sites for hydroxylation is 1. The first-order valence-electron chi connectivity index (χ1n) is 7.20. The Bertz CT molecular complexity index is 774. The molecule has 0 unspecified atom stereocenters. The monoisotopic (exact) mass is 324 g/mol. The van der Waals surface area contributed by atoms with Crippen molar-refractivity contribution in [3.05, 3.63) is 76.8 Å². The van der Waals surface area contributed by atoms with E-state index in [1.165, 1.54) is 0 Å². The molecule has 6 heteroatoms. The normalized spacial score (nSPS) is 10.3. The van der Waals surface area contributed by atoms with Gasteiger partial charge in [-0.25, -0.2) is 0 Å². The molecule has 5 nitrogen and oxygen atoms in total. The molecule has 0 fully saturated rings. The number of amides is 1. The molecule has 23 heavy (non-hydrogen) atoms. The second-order valence-electron chi connectivity index (χ2n) is 5.04. The van der Waals surface area contributed by atoms with Crippen LogP contribution in [0.3, 0.4) is 0 Å². The minimum Gasteiger partial charge on any atom is -0.281 e. The van der Waals surface area contributed by atoms with Gasteiger partial charge in [-0.15, -0.1) is 5.10 Å². The molecule has 0 atom stereocenters. The molecule has 116 valence electrons. The van der Waals surface area contributed by atoms with Crippen molar-refractivity contribution in [2.24, 2.45) is 0 Å². The van der Waals surface area contributed by atoms with Crippen LogP contribution in [0.1, 0.15) is 20.9 Å². The van der Waals surface area contributed by atoms with Crippen LogP contribution in [0.4, 0.5) is 5.69 Å². The molecule has 0 aliphatic rings. The average molecular weight is 324 g/mol. The Hall–Kier alpha value is -2.73. The highest BCUT2D eigenvalue weighted by Crippen LogP contribution is 2.16. The van der Waals surface area contributed by atoms with Crippen LogP contribution in [-0.2, 0) is 6.54 Å². The number of anilines is 1. The van der Waals surface area contributed by atoms with E-state index in [1.807, 2.05) is 65.7 Å². The first kappa shape index (κ1) is 15.2. The van der Waals surface area contributed by atoms with Gasteiger partial charge < -0.3 is 0 Å².